The molecule has 20 heavy (non-hydrogen) atoms. The molecule has 0 aromatic heterocycles. The molecular formula is C17H22ClNS. The van der Waals surface area contributed by atoms with Crippen LogP contribution < -0.4 is 0 Å². The lowest BCUT2D eigenvalue weighted by molar-refractivity contribution is 0.307. The number of halogens is 1. The fourth-order valence-electron chi connectivity index (χ4n) is 3.00. The third-order valence-corrected chi connectivity index (χ3v) is 5.84. The number of rotatable bonds is 5. The first-order valence-electron chi connectivity index (χ1n) is 7.48. The highest BCUT2D eigenvalue weighted by Gasteiger charge is 2.30. The van der Waals surface area contributed by atoms with Gasteiger partial charge in [-0.2, -0.15) is 17.0 Å². The van der Waals surface area contributed by atoms with E-state index in [-0.39, 0.29) is 5.92 Å². The van der Waals surface area contributed by atoms with E-state index >= 15 is 0 Å². The molecule has 0 saturated heterocycles. The van der Waals surface area contributed by atoms with Crippen molar-refractivity contribution in [3.8, 4) is 6.07 Å². The van der Waals surface area contributed by atoms with Crippen molar-refractivity contribution < 1.29 is 0 Å². The molecule has 0 radical (unpaired) electrons. The largest absolute Gasteiger partial charge is 0.198 e. The molecule has 1 saturated carbocycles. The molecule has 0 N–H and O–H groups in total. The summed E-state index contributed by atoms with van der Waals surface area (Å²) in [6.45, 7) is 2.26. The molecule has 108 valence electrons. The summed E-state index contributed by atoms with van der Waals surface area (Å²) in [5.41, 5.74) is 1.30. The minimum Gasteiger partial charge on any atom is -0.198 e. The summed E-state index contributed by atoms with van der Waals surface area (Å²) in [6, 6.07) is 10.6. The normalized spacial score (nSPS) is 26.1. The van der Waals surface area contributed by atoms with Gasteiger partial charge in [-0.1, -0.05) is 43.5 Å². The summed E-state index contributed by atoms with van der Waals surface area (Å²) in [5, 5.41) is 10.6. The number of hydrogen-bond donors (Lipinski definition) is 0. The molecule has 1 fully saturated rings. The Kier molecular flexibility index (Phi) is 6.26. The van der Waals surface area contributed by atoms with Crippen molar-refractivity contribution in [2.75, 3.05) is 0 Å². The van der Waals surface area contributed by atoms with E-state index in [2.05, 4.69) is 25.1 Å². The van der Waals surface area contributed by atoms with Crippen LogP contribution in [-0.2, 0) is 5.75 Å². The van der Waals surface area contributed by atoms with Gasteiger partial charge in [0.15, 0.2) is 0 Å². The van der Waals surface area contributed by atoms with Gasteiger partial charge in [-0.3, -0.25) is 0 Å². The van der Waals surface area contributed by atoms with Crippen LogP contribution >= 0.6 is 23.4 Å². The number of thioether (sulfide) groups is 1. The summed E-state index contributed by atoms with van der Waals surface area (Å²) in [4.78, 5) is 0. The Labute approximate surface area is 131 Å². The molecule has 1 aliphatic carbocycles. The van der Waals surface area contributed by atoms with Crippen molar-refractivity contribution in [1.82, 2.24) is 0 Å². The van der Waals surface area contributed by atoms with Crippen molar-refractivity contribution in [3.63, 3.8) is 0 Å². The van der Waals surface area contributed by atoms with Gasteiger partial charge >= 0.3 is 0 Å². The fourth-order valence-corrected chi connectivity index (χ4v) is 4.56. The average Bonchev–Trinajstić information content (AvgIpc) is 2.47. The van der Waals surface area contributed by atoms with Crippen LogP contribution in [0.15, 0.2) is 24.3 Å². The zero-order chi connectivity index (χ0) is 14.4. The van der Waals surface area contributed by atoms with E-state index in [0.717, 1.165) is 23.1 Å². The van der Waals surface area contributed by atoms with Crippen LogP contribution in [0.1, 0.15) is 44.6 Å². The third kappa shape index (κ3) is 4.43. The number of nitrogens with zero attached hydrogens (tertiary/aromatic N) is 1. The number of hydrogen-bond acceptors (Lipinski definition) is 2. The van der Waals surface area contributed by atoms with Crippen LogP contribution in [0.25, 0.3) is 0 Å². The summed E-state index contributed by atoms with van der Waals surface area (Å²) in [6.07, 6.45) is 6.11. The van der Waals surface area contributed by atoms with Crippen LogP contribution in [0.3, 0.4) is 0 Å². The second-order valence-electron chi connectivity index (χ2n) is 5.68. The van der Waals surface area contributed by atoms with Crippen LogP contribution in [-0.4, -0.2) is 5.25 Å². The molecule has 0 amide bonds. The van der Waals surface area contributed by atoms with Gasteiger partial charge in [0.1, 0.15) is 0 Å². The molecule has 1 aliphatic rings. The van der Waals surface area contributed by atoms with Crippen LogP contribution in [0.4, 0.5) is 0 Å². The minimum atomic E-state index is 0.236. The van der Waals surface area contributed by atoms with E-state index in [1.807, 2.05) is 23.9 Å². The molecular weight excluding hydrogens is 286 g/mol. The zero-order valence-electron chi connectivity index (χ0n) is 12.0. The highest BCUT2D eigenvalue weighted by molar-refractivity contribution is 7.99. The molecule has 1 aromatic rings. The highest BCUT2D eigenvalue weighted by Crippen LogP contribution is 2.39. The van der Waals surface area contributed by atoms with Gasteiger partial charge in [0.25, 0.3) is 0 Å². The first-order chi connectivity index (χ1) is 9.72. The molecule has 3 atom stereocenters. The molecule has 0 heterocycles. The van der Waals surface area contributed by atoms with Crippen LogP contribution in [0, 0.1) is 23.2 Å². The molecule has 0 aliphatic heterocycles. The highest BCUT2D eigenvalue weighted by atomic mass is 35.5. The van der Waals surface area contributed by atoms with Gasteiger partial charge in [-0.15, -0.1) is 0 Å². The van der Waals surface area contributed by atoms with E-state index in [9.17, 15) is 5.26 Å². The molecule has 3 unspecified atom stereocenters. The summed E-state index contributed by atoms with van der Waals surface area (Å²) < 4.78 is 0. The van der Waals surface area contributed by atoms with Crippen molar-refractivity contribution >= 4 is 23.4 Å². The van der Waals surface area contributed by atoms with E-state index in [0.29, 0.717) is 5.25 Å². The summed E-state index contributed by atoms with van der Waals surface area (Å²) in [5.74, 6) is 2.05. The molecule has 1 aromatic carbocycles. The molecule has 2 rings (SSSR count). The van der Waals surface area contributed by atoms with Gasteiger partial charge < -0.3 is 0 Å². The SMILES string of the molecule is CCCC1CCC(C#N)C(SCc2ccc(Cl)cc2)C1. The Morgan fingerprint density at radius 2 is 2.05 bits per heavy atom. The van der Waals surface area contributed by atoms with Crippen LogP contribution in [0.5, 0.6) is 0 Å². The predicted molar refractivity (Wildman–Crippen MR) is 87.9 cm³/mol. The van der Waals surface area contributed by atoms with Gasteiger partial charge in [0, 0.05) is 16.0 Å². The zero-order valence-corrected chi connectivity index (χ0v) is 13.6. The predicted octanol–water partition coefficient (Wildman–Crippen LogP) is 5.68. The fraction of sp³-hybridized carbons (Fsp3) is 0.588. The molecule has 0 bridgehead atoms. The maximum atomic E-state index is 9.33. The Hall–Kier alpha value is -0.650. The lowest BCUT2D eigenvalue weighted by Crippen LogP contribution is -2.26. The first kappa shape index (κ1) is 15.7. The van der Waals surface area contributed by atoms with E-state index in [1.165, 1.54) is 31.2 Å². The van der Waals surface area contributed by atoms with Crippen molar-refractivity contribution in [2.45, 2.75) is 50.0 Å². The lowest BCUT2D eigenvalue weighted by Gasteiger charge is -2.32. The topological polar surface area (TPSA) is 23.8 Å². The second-order valence-corrected chi connectivity index (χ2v) is 7.34. The first-order valence-corrected chi connectivity index (χ1v) is 8.91. The van der Waals surface area contributed by atoms with Gasteiger partial charge in [-0.05, 0) is 42.9 Å². The standard InChI is InChI=1S/C17H22ClNS/c1-2-3-13-4-7-15(11-19)17(10-13)20-12-14-5-8-16(18)9-6-14/h5-6,8-9,13,15,17H,2-4,7,10,12H2,1H3. The Morgan fingerprint density at radius 1 is 1.30 bits per heavy atom. The second kappa shape index (κ2) is 7.96. The third-order valence-electron chi connectivity index (χ3n) is 4.14. The summed E-state index contributed by atoms with van der Waals surface area (Å²) >= 11 is 7.86. The van der Waals surface area contributed by atoms with Crippen molar-refractivity contribution in [2.24, 2.45) is 11.8 Å². The maximum Gasteiger partial charge on any atom is 0.0667 e. The summed E-state index contributed by atoms with van der Waals surface area (Å²) in [7, 11) is 0. The van der Waals surface area contributed by atoms with Gasteiger partial charge in [0.2, 0.25) is 0 Å². The Balaban J connectivity index is 1.91. The quantitative estimate of drug-likeness (QED) is 0.698. The van der Waals surface area contributed by atoms with E-state index in [4.69, 9.17) is 11.6 Å². The lowest BCUT2D eigenvalue weighted by atomic mass is 9.80. The minimum absolute atomic E-state index is 0.236. The molecule has 0 spiro atoms. The molecule has 3 heteroatoms. The Morgan fingerprint density at radius 3 is 2.70 bits per heavy atom. The average molecular weight is 308 g/mol. The van der Waals surface area contributed by atoms with Gasteiger partial charge in [-0.25, -0.2) is 0 Å². The maximum absolute atomic E-state index is 9.33. The van der Waals surface area contributed by atoms with Crippen LogP contribution in [0.2, 0.25) is 5.02 Å². The van der Waals surface area contributed by atoms with Crippen molar-refractivity contribution in [3.05, 3.63) is 34.9 Å². The Bertz CT molecular complexity index is 451. The van der Waals surface area contributed by atoms with E-state index < -0.39 is 0 Å². The van der Waals surface area contributed by atoms with E-state index in [1.54, 1.807) is 0 Å². The number of benzene rings is 1. The monoisotopic (exact) mass is 307 g/mol. The van der Waals surface area contributed by atoms with Crippen molar-refractivity contribution in [1.29, 1.82) is 5.26 Å². The number of nitriles is 1. The molecule has 1 nitrogen and oxygen atoms in total. The van der Waals surface area contributed by atoms with Gasteiger partial charge in [0.05, 0.1) is 12.0 Å². The smallest absolute Gasteiger partial charge is 0.0667 e.